The summed E-state index contributed by atoms with van der Waals surface area (Å²) in [6.45, 7) is 0.549. The number of carbonyl (C=O) groups excluding carboxylic acids is 1. The maximum atomic E-state index is 13.5. The van der Waals surface area contributed by atoms with E-state index in [1.54, 1.807) is 0 Å². The maximum absolute atomic E-state index is 13.5. The fourth-order valence-electron chi connectivity index (χ4n) is 4.33. The van der Waals surface area contributed by atoms with Crippen LogP contribution in [0.3, 0.4) is 0 Å². The first-order valence-corrected chi connectivity index (χ1v) is 12.0. The van der Waals surface area contributed by atoms with Gasteiger partial charge in [0.2, 0.25) is 5.91 Å². The predicted molar refractivity (Wildman–Crippen MR) is 134 cm³/mol. The first kappa shape index (κ1) is 22.8. The molecule has 0 spiro atoms. The summed E-state index contributed by atoms with van der Waals surface area (Å²) < 4.78 is 19.4. The molecule has 5 nitrogen and oxygen atoms in total. The molecule has 0 fully saturated rings. The van der Waals surface area contributed by atoms with Crippen LogP contribution in [0.5, 0.6) is 5.75 Å². The first-order chi connectivity index (χ1) is 17.0. The zero-order valence-corrected chi connectivity index (χ0v) is 19.5. The van der Waals surface area contributed by atoms with Gasteiger partial charge in [-0.15, -0.1) is 11.3 Å². The minimum Gasteiger partial charge on any atom is -0.493 e. The van der Waals surface area contributed by atoms with Crippen molar-refractivity contribution in [3.05, 3.63) is 106 Å². The lowest BCUT2D eigenvalue weighted by Gasteiger charge is -2.24. The van der Waals surface area contributed by atoms with Crippen LogP contribution in [-0.4, -0.2) is 23.6 Å². The topological polar surface area (TPSA) is 75.6 Å². The van der Waals surface area contributed by atoms with E-state index in [0.717, 1.165) is 33.9 Å². The number of hydrogen-bond acceptors (Lipinski definition) is 4. The summed E-state index contributed by atoms with van der Waals surface area (Å²) in [7, 11) is 0. The Bertz CT molecular complexity index is 1360. The lowest BCUT2D eigenvalue weighted by Crippen LogP contribution is -2.22. The summed E-state index contributed by atoms with van der Waals surface area (Å²) in [4.78, 5) is 25.6. The second-order valence-electron chi connectivity index (χ2n) is 8.32. The van der Waals surface area contributed by atoms with E-state index in [1.165, 1.54) is 29.8 Å². The molecule has 1 aliphatic rings. The van der Waals surface area contributed by atoms with Crippen LogP contribution in [0, 0.1) is 5.82 Å². The van der Waals surface area contributed by atoms with Crippen molar-refractivity contribution in [3.63, 3.8) is 0 Å². The second kappa shape index (κ2) is 9.72. The van der Waals surface area contributed by atoms with Crippen molar-refractivity contribution in [2.24, 2.45) is 0 Å². The summed E-state index contributed by atoms with van der Waals surface area (Å²) in [6, 6.07) is 23.3. The van der Waals surface area contributed by atoms with E-state index in [2.05, 4.69) is 17.4 Å². The fourth-order valence-corrected chi connectivity index (χ4v) is 5.57. The van der Waals surface area contributed by atoms with Crippen LogP contribution in [0.1, 0.15) is 38.0 Å². The smallest absolute Gasteiger partial charge is 0.346 e. The Morgan fingerprint density at radius 1 is 1.03 bits per heavy atom. The van der Waals surface area contributed by atoms with Crippen LogP contribution in [0.25, 0.3) is 11.1 Å². The molecule has 1 atom stereocenters. The molecule has 2 heterocycles. The Kier molecular flexibility index (Phi) is 6.33. The zero-order valence-electron chi connectivity index (χ0n) is 18.7. The molecular formula is C28H22FNO4S. The van der Waals surface area contributed by atoms with Crippen LogP contribution in [0.15, 0.2) is 78.9 Å². The van der Waals surface area contributed by atoms with Gasteiger partial charge in [-0.3, -0.25) is 4.79 Å². The lowest BCUT2D eigenvalue weighted by atomic mass is 9.88. The summed E-state index contributed by atoms with van der Waals surface area (Å²) >= 11 is 1.15. The number of anilines is 1. The van der Waals surface area contributed by atoms with Crippen molar-refractivity contribution in [2.45, 2.75) is 18.8 Å². The van der Waals surface area contributed by atoms with E-state index in [-0.39, 0.29) is 23.1 Å². The SMILES string of the molecule is O=C1C[C@H](c2ccc(OCCc3ccccc3)cc2)c2sc(C(=O)O)c(-c3ccc(F)cc3)c2N1. The number of carboxylic acid groups (broad SMARTS) is 1. The number of carboxylic acids is 1. The van der Waals surface area contributed by atoms with Crippen molar-refractivity contribution in [3.8, 4) is 16.9 Å². The lowest BCUT2D eigenvalue weighted by molar-refractivity contribution is -0.116. The molecule has 0 saturated carbocycles. The molecule has 35 heavy (non-hydrogen) atoms. The highest BCUT2D eigenvalue weighted by Gasteiger charge is 2.34. The third kappa shape index (κ3) is 4.81. The quantitative estimate of drug-likeness (QED) is 0.319. The molecule has 3 aromatic carbocycles. The van der Waals surface area contributed by atoms with E-state index < -0.39 is 11.8 Å². The molecule has 7 heteroatoms. The summed E-state index contributed by atoms with van der Waals surface area (Å²) in [5.41, 5.74) is 3.55. The molecule has 0 unspecified atom stereocenters. The molecular weight excluding hydrogens is 465 g/mol. The van der Waals surface area contributed by atoms with Crippen LogP contribution in [-0.2, 0) is 11.2 Å². The largest absolute Gasteiger partial charge is 0.493 e. The molecule has 176 valence electrons. The average molecular weight is 488 g/mol. The number of rotatable bonds is 7. The number of ether oxygens (including phenoxy) is 1. The number of nitrogens with one attached hydrogen (secondary N) is 1. The van der Waals surface area contributed by atoms with Gasteiger partial charge < -0.3 is 15.2 Å². The molecule has 5 rings (SSSR count). The number of amides is 1. The van der Waals surface area contributed by atoms with Crippen LogP contribution < -0.4 is 10.1 Å². The highest BCUT2D eigenvalue weighted by Crippen LogP contribution is 2.49. The molecule has 1 aromatic heterocycles. The van der Waals surface area contributed by atoms with Gasteiger partial charge in [0, 0.05) is 29.2 Å². The van der Waals surface area contributed by atoms with Gasteiger partial charge in [-0.25, -0.2) is 9.18 Å². The van der Waals surface area contributed by atoms with Crippen molar-refractivity contribution in [2.75, 3.05) is 11.9 Å². The Morgan fingerprint density at radius 3 is 2.43 bits per heavy atom. The molecule has 0 bridgehead atoms. The molecule has 4 aromatic rings. The van der Waals surface area contributed by atoms with Gasteiger partial charge in [0.05, 0.1) is 12.3 Å². The van der Waals surface area contributed by atoms with Crippen molar-refractivity contribution >= 4 is 28.9 Å². The van der Waals surface area contributed by atoms with Gasteiger partial charge in [0.25, 0.3) is 0 Å². The number of thiophene rings is 1. The summed E-state index contributed by atoms with van der Waals surface area (Å²) in [5.74, 6) is -1.24. The van der Waals surface area contributed by atoms with Crippen LogP contribution in [0.2, 0.25) is 0 Å². The number of halogens is 1. The molecule has 0 aliphatic carbocycles. The Balaban J connectivity index is 1.42. The minimum atomic E-state index is -1.08. The normalized spacial score (nSPS) is 14.8. The molecule has 2 N–H and O–H groups in total. The van der Waals surface area contributed by atoms with Gasteiger partial charge in [0.1, 0.15) is 16.4 Å². The van der Waals surface area contributed by atoms with Crippen LogP contribution >= 0.6 is 11.3 Å². The summed E-state index contributed by atoms with van der Waals surface area (Å²) in [5, 5.41) is 12.7. The fraction of sp³-hybridized carbons (Fsp3) is 0.143. The number of fused-ring (bicyclic) bond motifs is 1. The van der Waals surface area contributed by atoms with Crippen LogP contribution in [0.4, 0.5) is 10.1 Å². The van der Waals surface area contributed by atoms with E-state index in [0.29, 0.717) is 23.4 Å². The monoisotopic (exact) mass is 487 g/mol. The number of aromatic carboxylic acids is 1. The van der Waals surface area contributed by atoms with Gasteiger partial charge in [-0.2, -0.15) is 0 Å². The van der Waals surface area contributed by atoms with Crippen molar-refractivity contribution in [1.29, 1.82) is 0 Å². The number of hydrogen-bond donors (Lipinski definition) is 2. The second-order valence-corrected chi connectivity index (χ2v) is 9.37. The van der Waals surface area contributed by atoms with E-state index in [9.17, 15) is 19.1 Å². The predicted octanol–water partition coefficient (Wildman–Crippen LogP) is 6.35. The van der Waals surface area contributed by atoms with E-state index in [4.69, 9.17) is 4.74 Å². The molecule has 0 saturated heterocycles. The third-order valence-electron chi connectivity index (χ3n) is 6.02. The highest BCUT2D eigenvalue weighted by molar-refractivity contribution is 7.15. The minimum absolute atomic E-state index is 0.120. The van der Waals surface area contributed by atoms with Crippen molar-refractivity contribution < 1.29 is 23.8 Å². The third-order valence-corrected chi connectivity index (χ3v) is 7.31. The highest BCUT2D eigenvalue weighted by atomic mass is 32.1. The van der Waals surface area contributed by atoms with Gasteiger partial charge in [-0.05, 0) is 41.0 Å². The standard InChI is InChI=1S/C28H22FNO4S/c29-20-10-6-19(7-11-20)24-25-26(35-27(24)28(32)33)22(16-23(31)30-25)18-8-12-21(13-9-18)34-15-14-17-4-2-1-3-5-17/h1-13,22H,14-16H2,(H,30,31)(H,32,33)/t22-/m1/s1. The molecule has 0 radical (unpaired) electrons. The van der Waals surface area contributed by atoms with Crippen molar-refractivity contribution in [1.82, 2.24) is 0 Å². The zero-order chi connectivity index (χ0) is 24.4. The maximum Gasteiger partial charge on any atom is 0.346 e. The summed E-state index contributed by atoms with van der Waals surface area (Å²) in [6.07, 6.45) is 1.01. The van der Waals surface area contributed by atoms with E-state index >= 15 is 0 Å². The number of carbonyl (C=O) groups is 2. The molecule has 1 aliphatic heterocycles. The van der Waals surface area contributed by atoms with Gasteiger partial charge >= 0.3 is 5.97 Å². The first-order valence-electron chi connectivity index (χ1n) is 11.2. The Labute approximate surface area is 205 Å². The Hall–Kier alpha value is -3.97. The van der Waals surface area contributed by atoms with E-state index in [1.807, 2.05) is 42.5 Å². The Morgan fingerprint density at radius 2 is 1.74 bits per heavy atom. The van der Waals surface area contributed by atoms with Gasteiger partial charge in [-0.1, -0.05) is 54.6 Å². The number of benzene rings is 3. The van der Waals surface area contributed by atoms with Gasteiger partial charge in [0.15, 0.2) is 0 Å². The average Bonchev–Trinajstić information content (AvgIpc) is 3.25. The molecule has 1 amide bonds.